The number of nitro benzene ring substituents is 1. The van der Waals surface area contributed by atoms with E-state index < -0.39 is 4.92 Å². The zero-order chi connectivity index (χ0) is 22.5. The van der Waals surface area contributed by atoms with Crippen LogP contribution in [0.3, 0.4) is 0 Å². The summed E-state index contributed by atoms with van der Waals surface area (Å²) in [6, 6.07) is 13.0. The number of nitrogen functional groups attached to an aromatic ring is 1. The normalized spacial score (nSPS) is 10.5. The second kappa shape index (κ2) is 13.0. The van der Waals surface area contributed by atoms with Gasteiger partial charge in [-0.15, -0.1) is 0 Å². The lowest BCUT2D eigenvalue weighted by Crippen LogP contribution is -2.09. The summed E-state index contributed by atoms with van der Waals surface area (Å²) in [4.78, 5) is 10.2. The lowest BCUT2D eigenvalue weighted by molar-refractivity contribution is -0.384. The molecule has 2 aromatic rings. The fourth-order valence-corrected chi connectivity index (χ4v) is 2.52. The maximum Gasteiger partial charge on any atom is 0.269 e. The van der Waals surface area contributed by atoms with Crippen LogP contribution in [-0.4, -0.2) is 31.4 Å². The lowest BCUT2D eigenvalue weighted by atomic mass is 10.2. The van der Waals surface area contributed by atoms with Gasteiger partial charge in [0.05, 0.1) is 23.9 Å². The van der Waals surface area contributed by atoms with E-state index in [-0.39, 0.29) is 12.3 Å². The van der Waals surface area contributed by atoms with E-state index in [9.17, 15) is 10.1 Å². The first-order chi connectivity index (χ1) is 14.9. The van der Waals surface area contributed by atoms with Crippen molar-refractivity contribution in [3.05, 3.63) is 83.3 Å². The van der Waals surface area contributed by atoms with Gasteiger partial charge in [-0.3, -0.25) is 10.1 Å². The van der Waals surface area contributed by atoms with Crippen LogP contribution in [0.1, 0.15) is 19.3 Å². The number of rotatable bonds is 15. The van der Waals surface area contributed by atoms with Gasteiger partial charge in [-0.2, -0.15) is 0 Å². The van der Waals surface area contributed by atoms with E-state index in [2.05, 4.69) is 13.2 Å². The molecule has 0 aliphatic heterocycles. The van der Waals surface area contributed by atoms with Gasteiger partial charge in [0.25, 0.3) is 5.69 Å². The molecule has 0 spiro atoms. The summed E-state index contributed by atoms with van der Waals surface area (Å²) in [6.07, 6.45) is 2.40. The molecule has 0 saturated heterocycles. The van der Waals surface area contributed by atoms with Crippen molar-refractivity contribution >= 4 is 11.4 Å². The van der Waals surface area contributed by atoms with Crippen molar-refractivity contribution in [3.63, 3.8) is 0 Å². The topological polar surface area (TPSA) is 106 Å². The van der Waals surface area contributed by atoms with Gasteiger partial charge in [0.15, 0.2) is 0 Å². The first kappa shape index (κ1) is 23.9. The average Bonchev–Trinajstić information content (AvgIpc) is 2.74. The van der Waals surface area contributed by atoms with E-state index in [0.717, 1.165) is 12.8 Å². The number of unbranched alkanes of at least 4 members (excludes halogenated alkanes) is 1. The Morgan fingerprint density at radius 3 is 2.06 bits per heavy atom. The number of nitro groups is 1. The Bertz CT molecular complexity index is 849. The summed E-state index contributed by atoms with van der Waals surface area (Å²) in [5, 5.41) is 10.6. The molecule has 8 nitrogen and oxygen atoms in total. The van der Waals surface area contributed by atoms with E-state index in [1.165, 1.54) is 12.1 Å². The molecule has 31 heavy (non-hydrogen) atoms. The Labute approximate surface area is 182 Å². The summed E-state index contributed by atoms with van der Waals surface area (Å²) < 4.78 is 22.1. The average molecular weight is 428 g/mol. The molecule has 0 heterocycles. The molecule has 2 aromatic carbocycles. The van der Waals surface area contributed by atoms with Crippen molar-refractivity contribution in [1.82, 2.24) is 0 Å². The van der Waals surface area contributed by atoms with Crippen LogP contribution in [0.5, 0.6) is 11.5 Å². The lowest BCUT2D eigenvalue weighted by Gasteiger charge is -2.10. The van der Waals surface area contributed by atoms with Gasteiger partial charge in [0, 0.05) is 30.8 Å². The largest absolute Gasteiger partial charge is 0.462 e. The predicted octanol–water partition coefficient (Wildman–Crippen LogP) is 4.87. The second-order valence-corrected chi connectivity index (χ2v) is 6.72. The molecule has 0 fully saturated rings. The van der Waals surface area contributed by atoms with Crippen molar-refractivity contribution in [2.45, 2.75) is 19.3 Å². The van der Waals surface area contributed by atoms with Crippen LogP contribution in [0.15, 0.2) is 73.2 Å². The van der Waals surface area contributed by atoms with E-state index >= 15 is 0 Å². The van der Waals surface area contributed by atoms with Crippen molar-refractivity contribution < 1.29 is 23.9 Å². The number of ether oxygens (including phenoxy) is 4. The van der Waals surface area contributed by atoms with Gasteiger partial charge in [-0.25, -0.2) is 0 Å². The van der Waals surface area contributed by atoms with Gasteiger partial charge < -0.3 is 24.7 Å². The molecule has 0 aliphatic carbocycles. The number of allylic oxidation sites excluding steroid dienone is 1. The van der Waals surface area contributed by atoms with E-state index in [4.69, 9.17) is 24.7 Å². The number of anilines is 1. The zero-order valence-electron chi connectivity index (χ0n) is 17.5. The minimum absolute atomic E-state index is 0.0257. The zero-order valence-corrected chi connectivity index (χ0v) is 17.5. The third-order valence-electron chi connectivity index (χ3n) is 4.08. The molecule has 166 valence electrons. The van der Waals surface area contributed by atoms with Crippen LogP contribution >= 0.6 is 0 Å². The SMILES string of the molecule is C=C(CCCCOCCOCC(=C)Oc1ccc(N)cc1)Oc1ccc([N+](=O)[O-])cc1. The van der Waals surface area contributed by atoms with Crippen LogP contribution in [0.2, 0.25) is 0 Å². The van der Waals surface area contributed by atoms with Gasteiger partial charge in [-0.1, -0.05) is 13.2 Å². The smallest absolute Gasteiger partial charge is 0.269 e. The highest BCUT2D eigenvalue weighted by Crippen LogP contribution is 2.20. The number of non-ortho nitro benzene ring substituents is 1. The maximum absolute atomic E-state index is 10.6. The van der Waals surface area contributed by atoms with Crippen LogP contribution in [-0.2, 0) is 9.47 Å². The van der Waals surface area contributed by atoms with Crippen LogP contribution < -0.4 is 15.2 Å². The molecule has 0 atom stereocenters. The number of nitrogens with two attached hydrogens (primary N) is 1. The minimum Gasteiger partial charge on any atom is -0.462 e. The van der Waals surface area contributed by atoms with E-state index in [1.807, 2.05) is 0 Å². The van der Waals surface area contributed by atoms with Gasteiger partial charge in [0.1, 0.15) is 23.9 Å². The maximum atomic E-state index is 10.6. The molecule has 0 aromatic heterocycles. The molecule has 0 aliphatic rings. The number of hydrogen-bond acceptors (Lipinski definition) is 7. The molecular weight excluding hydrogens is 400 g/mol. The summed E-state index contributed by atoms with van der Waals surface area (Å²) in [5.41, 5.74) is 6.33. The Balaban J connectivity index is 1.45. The monoisotopic (exact) mass is 428 g/mol. The van der Waals surface area contributed by atoms with Gasteiger partial charge in [0.2, 0.25) is 0 Å². The summed E-state index contributed by atoms with van der Waals surface area (Å²) >= 11 is 0. The Hall–Kier alpha value is -3.36. The third-order valence-corrected chi connectivity index (χ3v) is 4.08. The molecule has 0 bridgehead atoms. The van der Waals surface area contributed by atoms with Crippen LogP contribution in [0.4, 0.5) is 11.4 Å². The summed E-state index contributed by atoms with van der Waals surface area (Å²) in [7, 11) is 0. The van der Waals surface area contributed by atoms with E-state index in [1.54, 1.807) is 36.4 Å². The van der Waals surface area contributed by atoms with Gasteiger partial charge >= 0.3 is 0 Å². The minimum atomic E-state index is -0.449. The van der Waals surface area contributed by atoms with Crippen molar-refractivity contribution in [3.8, 4) is 11.5 Å². The first-order valence-corrected chi connectivity index (χ1v) is 9.91. The Morgan fingerprint density at radius 2 is 1.42 bits per heavy atom. The molecule has 0 saturated carbocycles. The molecule has 0 radical (unpaired) electrons. The Morgan fingerprint density at radius 1 is 0.839 bits per heavy atom. The number of nitrogens with zero attached hydrogens (tertiary/aromatic N) is 1. The molecular formula is C23H28N2O6. The summed E-state index contributed by atoms with van der Waals surface area (Å²) in [5.74, 6) is 2.32. The van der Waals surface area contributed by atoms with Crippen molar-refractivity contribution in [2.24, 2.45) is 0 Å². The molecule has 0 unspecified atom stereocenters. The first-order valence-electron chi connectivity index (χ1n) is 9.91. The van der Waals surface area contributed by atoms with Gasteiger partial charge in [-0.05, 0) is 49.2 Å². The third kappa shape index (κ3) is 9.79. The molecule has 0 amide bonds. The number of benzene rings is 2. The summed E-state index contributed by atoms with van der Waals surface area (Å²) in [6.45, 7) is 9.51. The molecule has 8 heteroatoms. The van der Waals surface area contributed by atoms with Crippen LogP contribution in [0.25, 0.3) is 0 Å². The second-order valence-electron chi connectivity index (χ2n) is 6.72. The predicted molar refractivity (Wildman–Crippen MR) is 119 cm³/mol. The highest BCUT2D eigenvalue weighted by atomic mass is 16.6. The quantitative estimate of drug-likeness (QED) is 0.142. The fraction of sp³-hybridized carbons (Fsp3) is 0.304. The highest BCUT2D eigenvalue weighted by molar-refractivity contribution is 5.42. The number of hydrogen-bond donors (Lipinski definition) is 1. The standard InChI is InChI=1S/C23H28N2O6/c1-18(30-23-12-8-21(9-13-23)25(26)27)5-3-4-14-28-15-16-29-17-19(2)31-22-10-6-20(24)7-11-22/h6-13H,1-5,14-17,24H2. The van der Waals surface area contributed by atoms with Crippen molar-refractivity contribution in [1.29, 1.82) is 0 Å². The van der Waals surface area contributed by atoms with Crippen molar-refractivity contribution in [2.75, 3.05) is 32.2 Å². The fourth-order valence-electron chi connectivity index (χ4n) is 2.52. The molecule has 2 rings (SSSR count). The molecule has 2 N–H and O–H groups in total. The van der Waals surface area contributed by atoms with Crippen LogP contribution in [0, 0.1) is 10.1 Å². The highest BCUT2D eigenvalue weighted by Gasteiger charge is 2.05. The Kier molecular flexibility index (Phi) is 10.1. The van der Waals surface area contributed by atoms with E-state index in [0.29, 0.717) is 54.9 Å².